The smallest absolute Gasteiger partial charge is 0.351 e. The highest BCUT2D eigenvalue weighted by Gasteiger charge is 2.37. The van der Waals surface area contributed by atoms with E-state index in [0.29, 0.717) is 30.6 Å². The highest BCUT2D eigenvalue weighted by atomic mass is 35.5. The van der Waals surface area contributed by atoms with E-state index in [4.69, 9.17) is 21.3 Å². The molecule has 3 aliphatic rings. The first-order valence-electron chi connectivity index (χ1n) is 11.8. The molecule has 0 unspecified atom stereocenters. The lowest BCUT2D eigenvalue weighted by molar-refractivity contribution is -0.293. The molecule has 1 saturated heterocycles. The molecule has 0 radical (unpaired) electrons. The second-order valence-corrected chi connectivity index (χ2v) is 9.81. The Morgan fingerprint density at radius 3 is 2.86 bits per heavy atom. The molecule has 2 aromatic heterocycles. The Hall–Kier alpha value is -3.23. The van der Waals surface area contributed by atoms with Gasteiger partial charge < -0.3 is 4.74 Å². The third kappa shape index (κ3) is 4.00. The van der Waals surface area contributed by atoms with Crippen LogP contribution in [0.5, 0.6) is 0 Å². The number of carbonyl (C=O) groups excluding carboxylic acids is 1. The van der Waals surface area contributed by atoms with Gasteiger partial charge in [-0.2, -0.15) is 9.67 Å². The maximum atomic E-state index is 15.0. The van der Waals surface area contributed by atoms with Crippen molar-refractivity contribution in [1.82, 2.24) is 14.8 Å². The van der Waals surface area contributed by atoms with Crippen LogP contribution in [0.3, 0.4) is 0 Å². The number of ether oxygens (including phenoxy) is 1. The summed E-state index contributed by atoms with van der Waals surface area (Å²) in [5.74, 6) is -0.384. The molecule has 4 heterocycles. The molecule has 0 spiro atoms. The standard InChI is InChI=1S/C26H24ClFN5O2/c1-14-30-22-11-21(15-7-8-35-23(9-15)16-12-29-33(13-16)18-4-5-18)31-25(24(22)26(34)32(14)2)19-6-3-17(27)10-20(19)28/h3,6,10-13,15,18,23H,2,4-5,7-9H2,1H3/q+1/t15-,23+/m0/s1. The number of hydrogen-bond donors (Lipinski definition) is 0. The fourth-order valence-corrected chi connectivity index (χ4v) is 4.97. The summed E-state index contributed by atoms with van der Waals surface area (Å²) in [4.78, 5) is 22.6. The van der Waals surface area contributed by atoms with Gasteiger partial charge in [-0.25, -0.2) is 9.18 Å². The van der Waals surface area contributed by atoms with Gasteiger partial charge in [0, 0.05) is 53.6 Å². The van der Waals surface area contributed by atoms with Crippen LogP contribution in [0.1, 0.15) is 72.3 Å². The van der Waals surface area contributed by atoms with Crippen LogP contribution >= 0.6 is 11.6 Å². The molecule has 7 nitrogen and oxygen atoms in total. The van der Waals surface area contributed by atoms with Crippen molar-refractivity contribution in [2.24, 2.45) is 4.99 Å². The molecule has 2 atom stereocenters. The molecule has 1 aromatic carbocycles. The number of benzene rings is 1. The predicted molar refractivity (Wildman–Crippen MR) is 130 cm³/mol. The number of aliphatic imine (C=N–C) groups is 1. The van der Waals surface area contributed by atoms with E-state index in [2.05, 4.69) is 23.0 Å². The van der Waals surface area contributed by atoms with Gasteiger partial charge in [0.15, 0.2) is 5.69 Å². The number of rotatable bonds is 4. The number of pyridine rings is 1. The number of nitrogens with zero attached hydrogens (tertiary/aromatic N) is 5. The van der Waals surface area contributed by atoms with E-state index >= 15 is 4.39 Å². The average Bonchev–Trinajstić information content (AvgIpc) is 3.58. The van der Waals surface area contributed by atoms with Gasteiger partial charge in [-0.15, -0.1) is 0 Å². The zero-order valence-electron chi connectivity index (χ0n) is 19.2. The molecule has 1 amide bonds. The van der Waals surface area contributed by atoms with Crippen LogP contribution in [-0.4, -0.2) is 44.4 Å². The molecule has 0 bridgehead atoms. The molecule has 9 heteroatoms. The summed E-state index contributed by atoms with van der Waals surface area (Å²) in [6.07, 6.45) is 7.67. The Morgan fingerprint density at radius 2 is 2.09 bits per heavy atom. The summed E-state index contributed by atoms with van der Waals surface area (Å²) >= 11 is 5.98. The molecule has 2 fully saturated rings. The topological polar surface area (TPSA) is 72.4 Å². The van der Waals surface area contributed by atoms with Crippen LogP contribution in [0.2, 0.25) is 5.02 Å². The van der Waals surface area contributed by atoms with E-state index in [-0.39, 0.29) is 39.8 Å². The van der Waals surface area contributed by atoms with Crippen LogP contribution in [0, 0.1) is 5.82 Å². The number of carbonyl (C=O) groups is 1. The van der Waals surface area contributed by atoms with Gasteiger partial charge in [-0.05, 0) is 48.9 Å². The first-order chi connectivity index (χ1) is 16.9. The van der Waals surface area contributed by atoms with Crippen molar-refractivity contribution in [3.63, 3.8) is 0 Å². The second kappa shape index (κ2) is 8.46. The normalized spacial score (nSPS) is 22.2. The molecule has 1 saturated carbocycles. The third-order valence-corrected chi connectivity index (χ3v) is 7.19. The highest BCUT2D eigenvalue weighted by molar-refractivity contribution is 6.30. The van der Waals surface area contributed by atoms with Gasteiger partial charge in [0.25, 0.3) is 0 Å². The largest absolute Gasteiger partial charge is 0.373 e. The number of amidine groups is 1. The molecule has 3 aromatic rings. The summed E-state index contributed by atoms with van der Waals surface area (Å²) in [5, 5.41) is 4.78. The average molecular weight is 493 g/mol. The fourth-order valence-electron chi connectivity index (χ4n) is 4.81. The first-order valence-corrected chi connectivity index (χ1v) is 12.1. The van der Waals surface area contributed by atoms with Gasteiger partial charge in [-0.1, -0.05) is 11.6 Å². The number of aromatic nitrogens is 3. The highest BCUT2D eigenvalue weighted by Crippen LogP contribution is 2.42. The Bertz CT molecular complexity index is 1410. The number of amides is 1. The molecular formula is C26H24ClFN5O2+. The molecule has 2 aliphatic heterocycles. The van der Waals surface area contributed by atoms with Gasteiger partial charge in [0.2, 0.25) is 0 Å². The van der Waals surface area contributed by atoms with Crippen molar-refractivity contribution in [2.45, 2.75) is 50.7 Å². The molecule has 6 rings (SSSR count). The Morgan fingerprint density at radius 1 is 1.26 bits per heavy atom. The second-order valence-electron chi connectivity index (χ2n) is 9.37. The maximum Gasteiger partial charge on any atom is 0.351 e. The third-order valence-electron chi connectivity index (χ3n) is 6.95. The lowest BCUT2D eigenvalue weighted by Crippen LogP contribution is -2.29. The minimum Gasteiger partial charge on any atom is -0.373 e. The Balaban J connectivity index is 1.42. The maximum absolute atomic E-state index is 15.0. The van der Waals surface area contributed by atoms with Gasteiger partial charge in [0.05, 0.1) is 30.8 Å². The lowest BCUT2D eigenvalue weighted by Gasteiger charge is -2.29. The van der Waals surface area contributed by atoms with Crippen molar-refractivity contribution in [3.05, 3.63) is 64.3 Å². The summed E-state index contributed by atoms with van der Waals surface area (Å²) < 4.78 is 24.3. The van der Waals surface area contributed by atoms with Gasteiger partial charge in [-0.3, -0.25) is 9.67 Å². The zero-order valence-corrected chi connectivity index (χ0v) is 20.0. The van der Waals surface area contributed by atoms with Crippen molar-refractivity contribution >= 4 is 35.7 Å². The molecule has 178 valence electrons. The van der Waals surface area contributed by atoms with Crippen LogP contribution in [0.25, 0.3) is 11.3 Å². The summed E-state index contributed by atoms with van der Waals surface area (Å²) in [7, 11) is 0. The monoisotopic (exact) mass is 492 g/mol. The number of hydrogen-bond acceptors (Lipinski definition) is 5. The number of fused-ring (bicyclic) bond motifs is 1. The van der Waals surface area contributed by atoms with E-state index in [9.17, 15) is 4.79 Å². The number of halogens is 2. The Labute approximate surface area is 206 Å². The van der Waals surface area contributed by atoms with E-state index in [1.807, 2.05) is 16.9 Å². The summed E-state index contributed by atoms with van der Waals surface area (Å²) in [6, 6.07) is 6.72. The molecular weight excluding hydrogens is 469 g/mol. The van der Waals surface area contributed by atoms with Crippen molar-refractivity contribution < 1.29 is 18.5 Å². The fraction of sp³-hybridized carbons (Fsp3) is 0.346. The molecule has 35 heavy (non-hydrogen) atoms. The summed E-state index contributed by atoms with van der Waals surface area (Å²) in [5.41, 5.74) is 3.00. The van der Waals surface area contributed by atoms with E-state index in [1.54, 1.807) is 19.1 Å². The summed E-state index contributed by atoms with van der Waals surface area (Å²) in [6.45, 7) is 6.08. The van der Waals surface area contributed by atoms with Crippen LogP contribution in [0.15, 0.2) is 41.7 Å². The van der Waals surface area contributed by atoms with Gasteiger partial charge >= 0.3 is 11.7 Å². The minimum absolute atomic E-state index is 0.0563. The quantitative estimate of drug-likeness (QED) is 0.443. The van der Waals surface area contributed by atoms with Crippen LogP contribution < -0.4 is 0 Å². The van der Waals surface area contributed by atoms with Crippen molar-refractivity contribution in [1.29, 1.82) is 0 Å². The van der Waals surface area contributed by atoms with E-state index < -0.39 is 5.82 Å². The van der Waals surface area contributed by atoms with Crippen molar-refractivity contribution in [2.75, 3.05) is 6.61 Å². The minimum atomic E-state index is -0.545. The van der Waals surface area contributed by atoms with E-state index in [1.165, 1.54) is 23.5 Å². The first kappa shape index (κ1) is 22.2. The lowest BCUT2D eigenvalue weighted by atomic mass is 9.88. The Kier molecular flexibility index (Phi) is 5.38. The van der Waals surface area contributed by atoms with Gasteiger partial charge in [0.1, 0.15) is 11.4 Å². The molecule has 1 aliphatic carbocycles. The zero-order chi connectivity index (χ0) is 24.3. The SMILES string of the molecule is C=[N+]1C(=O)c2c(cc([C@H]3CCO[C@@H](c4cnn(C5CC5)c4)C3)nc2-c2ccc(Cl)cc2F)N=C1C. The van der Waals surface area contributed by atoms with Crippen LogP contribution in [0.4, 0.5) is 10.1 Å². The predicted octanol–water partition coefficient (Wildman–Crippen LogP) is 5.62. The molecule has 0 N–H and O–H groups in total. The van der Waals surface area contributed by atoms with E-state index in [0.717, 1.165) is 17.7 Å². The van der Waals surface area contributed by atoms with Crippen LogP contribution in [-0.2, 0) is 4.74 Å². The van der Waals surface area contributed by atoms with Crippen molar-refractivity contribution in [3.8, 4) is 11.3 Å².